The molecule has 38 heavy (non-hydrogen) atoms. The number of alkyl carbamates (subject to hydrolysis) is 1. The summed E-state index contributed by atoms with van der Waals surface area (Å²) in [5.41, 5.74) is 0.796. The van der Waals surface area contributed by atoms with Gasteiger partial charge in [0.1, 0.15) is 37.9 Å². The zero-order chi connectivity index (χ0) is 28.1. The molecule has 1 saturated heterocycles. The second-order valence-electron chi connectivity index (χ2n) is 9.16. The van der Waals surface area contributed by atoms with Crippen molar-refractivity contribution < 1.29 is 33.4 Å². The van der Waals surface area contributed by atoms with Crippen LogP contribution in [-0.2, 0) is 35.1 Å². The summed E-state index contributed by atoms with van der Waals surface area (Å²) >= 11 is 0. The number of esters is 1. The van der Waals surface area contributed by atoms with Gasteiger partial charge >= 0.3 is 12.1 Å². The highest BCUT2D eigenvalue weighted by Crippen LogP contribution is 2.22. The van der Waals surface area contributed by atoms with Gasteiger partial charge < -0.3 is 30.3 Å². The summed E-state index contributed by atoms with van der Waals surface area (Å²) in [5, 5.41) is 7.72. The summed E-state index contributed by atoms with van der Waals surface area (Å²) in [6, 6.07) is 6.42. The fourth-order valence-electron chi connectivity index (χ4n) is 3.63. The summed E-state index contributed by atoms with van der Waals surface area (Å²) in [7, 11) is 0. The molecule has 0 radical (unpaired) electrons. The monoisotopic (exact) mass is 528 g/mol. The van der Waals surface area contributed by atoms with Crippen molar-refractivity contribution in [1.29, 1.82) is 0 Å². The molecule has 11 heteroatoms. The molecule has 1 aromatic rings. The fraction of sp³-hybridized carbons (Fsp3) is 0.444. The van der Waals surface area contributed by atoms with Crippen LogP contribution in [0.2, 0.25) is 0 Å². The Balaban J connectivity index is 2.03. The van der Waals surface area contributed by atoms with Crippen molar-refractivity contribution in [2.45, 2.75) is 44.8 Å². The van der Waals surface area contributed by atoms with Gasteiger partial charge in [-0.15, -0.1) is 0 Å². The molecule has 1 fully saturated rings. The SMILES string of the molecule is C=CCOC(=O)CNC(=O)[C@H](Cc1ccccc1)NC(=O)[C@@H]1CN1C(=O)[C@H](CC(C)C)NC(=O)OCC=C. The maximum Gasteiger partial charge on any atom is 0.408 e. The highest BCUT2D eigenvalue weighted by molar-refractivity contribution is 5.97. The first kappa shape index (κ1) is 30.1. The van der Waals surface area contributed by atoms with Crippen LogP contribution in [0.15, 0.2) is 55.6 Å². The Morgan fingerprint density at radius 1 is 1.00 bits per heavy atom. The molecular weight excluding hydrogens is 492 g/mol. The summed E-state index contributed by atoms with van der Waals surface area (Å²) in [6.07, 6.45) is 2.60. The van der Waals surface area contributed by atoms with Crippen molar-refractivity contribution in [1.82, 2.24) is 20.9 Å². The van der Waals surface area contributed by atoms with Crippen molar-refractivity contribution in [2.75, 3.05) is 26.3 Å². The topological polar surface area (TPSA) is 143 Å². The van der Waals surface area contributed by atoms with Crippen molar-refractivity contribution in [3.63, 3.8) is 0 Å². The molecule has 1 aromatic carbocycles. The molecular formula is C27H36N4O7. The molecule has 206 valence electrons. The van der Waals surface area contributed by atoms with Crippen LogP contribution in [0.3, 0.4) is 0 Å². The molecule has 3 N–H and O–H groups in total. The van der Waals surface area contributed by atoms with Crippen LogP contribution in [-0.4, -0.2) is 79.1 Å². The van der Waals surface area contributed by atoms with E-state index < -0.39 is 47.9 Å². The summed E-state index contributed by atoms with van der Waals surface area (Å²) < 4.78 is 9.79. The molecule has 1 heterocycles. The van der Waals surface area contributed by atoms with Gasteiger partial charge in [-0.3, -0.25) is 19.2 Å². The number of benzene rings is 1. The predicted octanol–water partition coefficient (Wildman–Crippen LogP) is 1.10. The number of carbonyl (C=O) groups is 5. The Morgan fingerprint density at radius 2 is 1.66 bits per heavy atom. The van der Waals surface area contributed by atoms with E-state index in [2.05, 4.69) is 29.1 Å². The second kappa shape index (κ2) is 15.2. The largest absolute Gasteiger partial charge is 0.460 e. The minimum Gasteiger partial charge on any atom is -0.460 e. The first-order chi connectivity index (χ1) is 18.2. The van der Waals surface area contributed by atoms with Crippen LogP contribution >= 0.6 is 0 Å². The van der Waals surface area contributed by atoms with E-state index in [1.54, 1.807) is 0 Å². The molecule has 3 atom stereocenters. The van der Waals surface area contributed by atoms with Gasteiger partial charge in [0.05, 0.1) is 6.54 Å². The van der Waals surface area contributed by atoms with Gasteiger partial charge in [-0.05, 0) is 17.9 Å². The van der Waals surface area contributed by atoms with Crippen molar-refractivity contribution in [2.24, 2.45) is 5.92 Å². The van der Waals surface area contributed by atoms with E-state index in [0.717, 1.165) is 5.56 Å². The van der Waals surface area contributed by atoms with E-state index in [0.29, 0.717) is 6.42 Å². The van der Waals surface area contributed by atoms with Gasteiger partial charge in [-0.1, -0.05) is 69.5 Å². The third-order valence-electron chi connectivity index (χ3n) is 5.51. The molecule has 2 rings (SSSR count). The predicted molar refractivity (Wildman–Crippen MR) is 140 cm³/mol. The van der Waals surface area contributed by atoms with Gasteiger partial charge in [0.25, 0.3) is 0 Å². The van der Waals surface area contributed by atoms with Crippen LogP contribution in [0.5, 0.6) is 0 Å². The Labute approximate surface area is 222 Å². The quantitative estimate of drug-likeness (QED) is 0.176. The van der Waals surface area contributed by atoms with E-state index in [4.69, 9.17) is 9.47 Å². The first-order valence-corrected chi connectivity index (χ1v) is 12.4. The average molecular weight is 529 g/mol. The summed E-state index contributed by atoms with van der Waals surface area (Å²) in [6.45, 7) is 10.5. The number of rotatable bonds is 15. The highest BCUT2D eigenvalue weighted by Gasteiger charge is 2.47. The standard InChI is InChI=1S/C27H36N4O7/c1-5-12-37-23(32)16-28-24(33)20(15-19-10-8-7-9-11-19)29-25(34)22-17-31(22)26(35)21(14-18(3)4)30-27(36)38-13-6-2/h5-11,18,20-22H,1-2,12-17H2,3-4H3,(H,28,33)(H,29,34)(H,30,36)/t20-,21-,22-,31?/m0/s1. The Kier molecular flexibility index (Phi) is 12.0. The van der Waals surface area contributed by atoms with Crippen LogP contribution in [0.4, 0.5) is 4.79 Å². The maximum absolute atomic E-state index is 13.1. The molecule has 1 aliphatic heterocycles. The number of carbonyl (C=O) groups excluding carboxylic acids is 5. The van der Waals surface area contributed by atoms with E-state index in [1.807, 2.05) is 44.2 Å². The zero-order valence-electron chi connectivity index (χ0n) is 21.8. The Morgan fingerprint density at radius 3 is 2.29 bits per heavy atom. The second-order valence-corrected chi connectivity index (χ2v) is 9.16. The van der Waals surface area contributed by atoms with E-state index in [1.165, 1.54) is 17.1 Å². The zero-order valence-corrected chi connectivity index (χ0v) is 21.8. The fourth-order valence-corrected chi connectivity index (χ4v) is 3.63. The molecule has 4 amide bonds. The molecule has 11 nitrogen and oxygen atoms in total. The minimum absolute atomic E-state index is 0.0000125. The van der Waals surface area contributed by atoms with Crippen LogP contribution < -0.4 is 16.0 Å². The van der Waals surface area contributed by atoms with Crippen molar-refractivity contribution in [3.05, 3.63) is 61.2 Å². The lowest BCUT2D eigenvalue weighted by Gasteiger charge is -2.21. The summed E-state index contributed by atoms with van der Waals surface area (Å²) in [5.74, 6) is -2.05. The van der Waals surface area contributed by atoms with Gasteiger partial charge in [0.2, 0.25) is 17.7 Å². The third kappa shape index (κ3) is 10.1. The molecule has 0 aromatic heterocycles. The van der Waals surface area contributed by atoms with Crippen molar-refractivity contribution in [3.8, 4) is 0 Å². The lowest BCUT2D eigenvalue weighted by atomic mass is 10.0. The van der Waals surface area contributed by atoms with Crippen LogP contribution in [0.25, 0.3) is 0 Å². The van der Waals surface area contributed by atoms with Gasteiger partial charge in [0.15, 0.2) is 0 Å². The van der Waals surface area contributed by atoms with Crippen LogP contribution in [0, 0.1) is 5.92 Å². The van der Waals surface area contributed by atoms with E-state index in [-0.39, 0.29) is 38.6 Å². The highest BCUT2D eigenvalue weighted by atomic mass is 16.5. The van der Waals surface area contributed by atoms with E-state index in [9.17, 15) is 24.0 Å². The number of ether oxygens (including phenoxy) is 2. The number of hydrogen-bond acceptors (Lipinski definition) is 7. The van der Waals surface area contributed by atoms with Crippen LogP contribution in [0.1, 0.15) is 25.8 Å². The molecule has 0 saturated carbocycles. The number of amides is 4. The van der Waals surface area contributed by atoms with Gasteiger partial charge in [0, 0.05) is 6.42 Å². The number of nitrogens with zero attached hydrogens (tertiary/aromatic N) is 1. The smallest absolute Gasteiger partial charge is 0.408 e. The van der Waals surface area contributed by atoms with E-state index >= 15 is 0 Å². The summed E-state index contributed by atoms with van der Waals surface area (Å²) in [4.78, 5) is 64.0. The Bertz CT molecular complexity index is 1010. The molecule has 0 bridgehead atoms. The molecule has 0 spiro atoms. The molecule has 1 aliphatic rings. The molecule has 0 unspecified atom stereocenters. The lowest BCUT2D eigenvalue weighted by Crippen LogP contribution is -2.51. The van der Waals surface area contributed by atoms with Gasteiger partial charge in [-0.2, -0.15) is 0 Å². The normalized spacial score (nSPS) is 15.4. The van der Waals surface area contributed by atoms with Gasteiger partial charge in [-0.25, -0.2) is 4.79 Å². The lowest BCUT2D eigenvalue weighted by molar-refractivity contribution is -0.143. The molecule has 0 aliphatic carbocycles. The maximum atomic E-state index is 13.1. The number of nitrogens with one attached hydrogen (secondary N) is 3. The Hall–Kier alpha value is -4.15. The number of hydrogen-bond donors (Lipinski definition) is 3. The van der Waals surface area contributed by atoms with Crippen molar-refractivity contribution >= 4 is 29.8 Å². The average Bonchev–Trinajstić information content (AvgIpc) is 3.69. The minimum atomic E-state index is -0.992. The first-order valence-electron chi connectivity index (χ1n) is 12.4. The third-order valence-corrected chi connectivity index (χ3v) is 5.51.